The van der Waals surface area contributed by atoms with E-state index >= 15 is 0 Å². The van der Waals surface area contributed by atoms with Crippen LogP contribution in [0.3, 0.4) is 0 Å². The van der Waals surface area contributed by atoms with Gasteiger partial charge in [0.25, 0.3) is 0 Å². The predicted octanol–water partition coefficient (Wildman–Crippen LogP) is 3.39. The van der Waals surface area contributed by atoms with Gasteiger partial charge in [0, 0.05) is 18.0 Å². The number of benzene rings is 2. The van der Waals surface area contributed by atoms with E-state index in [1.807, 2.05) is 68.4 Å². The van der Waals surface area contributed by atoms with Crippen molar-refractivity contribution in [3.05, 3.63) is 60.2 Å². The standard InChI is InChI=1S/C18H22N2O2/c1-13(19)12-18(21)20-14(2)16-10-6-7-11-17(16)22-15-8-4-3-5-9-15/h3-11,13-14H,12,19H2,1-2H3,(H,20,21). The first kappa shape index (κ1) is 16.0. The minimum Gasteiger partial charge on any atom is -0.457 e. The number of hydrogen-bond acceptors (Lipinski definition) is 3. The smallest absolute Gasteiger partial charge is 0.222 e. The van der Waals surface area contributed by atoms with Gasteiger partial charge in [-0.2, -0.15) is 0 Å². The third kappa shape index (κ3) is 4.60. The molecule has 3 N–H and O–H groups in total. The van der Waals surface area contributed by atoms with E-state index in [0.717, 1.165) is 17.1 Å². The van der Waals surface area contributed by atoms with Crippen LogP contribution in [0.2, 0.25) is 0 Å². The zero-order valence-electron chi connectivity index (χ0n) is 13.0. The maximum absolute atomic E-state index is 11.9. The van der Waals surface area contributed by atoms with Crippen molar-refractivity contribution < 1.29 is 9.53 Å². The van der Waals surface area contributed by atoms with E-state index < -0.39 is 0 Å². The molecular weight excluding hydrogens is 276 g/mol. The maximum atomic E-state index is 11.9. The molecule has 2 aromatic carbocycles. The number of rotatable bonds is 6. The number of carbonyl (C=O) groups excluding carboxylic acids is 1. The number of nitrogens with two attached hydrogens (primary N) is 1. The van der Waals surface area contributed by atoms with Gasteiger partial charge in [-0.05, 0) is 32.0 Å². The molecule has 0 aliphatic rings. The average Bonchev–Trinajstić information content (AvgIpc) is 2.47. The summed E-state index contributed by atoms with van der Waals surface area (Å²) in [6.45, 7) is 3.75. The second-order valence-corrected chi connectivity index (χ2v) is 5.42. The first-order valence-electron chi connectivity index (χ1n) is 7.43. The minimum absolute atomic E-state index is 0.0583. The molecule has 1 amide bonds. The van der Waals surface area contributed by atoms with E-state index in [2.05, 4.69) is 5.32 Å². The van der Waals surface area contributed by atoms with Gasteiger partial charge in [-0.25, -0.2) is 0 Å². The summed E-state index contributed by atoms with van der Waals surface area (Å²) < 4.78 is 5.92. The molecule has 0 aliphatic carbocycles. The highest BCUT2D eigenvalue weighted by Gasteiger charge is 2.15. The Bertz CT molecular complexity index is 611. The SMILES string of the molecule is CC(N)CC(=O)NC(C)c1ccccc1Oc1ccccc1. The van der Waals surface area contributed by atoms with Crippen molar-refractivity contribution in [2.24, 2.45) is 5.73 Å². The van der Waals surface area contributed by atoms with Crippen LogP contribution in [-0.2, 0) is 4.79 Å². The Balaban J connectivity index is 2.12. The largest absolute Gasteiger partial charge is 0.457 e. The summed E-state index contributed by atoms with van der Waals surface area (Å²) >= 11 is 0. The molecule has 0 heterocycles. The zero-order chi connectivity index (χ0) is 15.9. The fourth-order valence-electron chi connectivity index (χ4n) is 2.22. The summed E-state index contributed by atoms with van der Waals surface area (Å²) in [7, 11) is 0. The Morgan fingerprint density at radius 2 is 1.73 bits per heavy atom. The molecule has 2 unspecified atom stereocenters. The maximum Gasteiger partial charge on any atom is 0.222 e. The summed E-state index contributed by atoms with van der Waals surface area (Å²) in [5.74, 6) is 1.45. The molecule has 0 radical (unpaired) electrons. The molecule has 0 saturated carbocycles. The Labute approximate surface area is 131 Å². The van der Waals surface area contributed by atoms with E-state index in [4.69, 9.17) is 10.5 Å². The molecule has 0 fully saturated rings. The van der Waals surface area contributed by atoms with Gasteiger partial charge in [-0.15, -0.1) is 0 Å². The van der Waals surface area contributed by atoms with Crippen LogP contribution in [0.25, 0.3) is 0 Å². The molecule has 2 atom stereocenters. The molecule has 2 rings (SSSR count). The van der Waals surface area contributed by atoms with Gasteiger partial charge in [0.15, 0.2) is 0 Å². The highest BCUT2D eigenvalue weighted by atomic mass is 16.5. The molecule has 116 valence electrons. The number of hydrogen-bond donors (Lipinski definition) is 2. The van der Waals surface area contributed by atoms with Crippen molar-refractivity contribution in [2.75, 3.05) is 0 Å². The molecule has 0 spiro atoms. The summed E-state index contributed by atoms with van der Waals surface area (Å²) in [6, 6.07) is 17.0. The molecule has 0 saturated heterocycles. The van der Waals surface area contributed by atoms with Crippen molar-refractivity contribution in [3.63, 3.8) is 0 Å². The lowest BCUT2D eigenvalue weighted by atomic mass is 10.1. The first-order chi connectivity index (χ1) is 10.6. The van der Waals surface area contributed by atoms with Crippen LogP contribution in [0, 0.1) is 0 Å². The highest BCUT2D eigenvalue weighted by molar-refractivity contribution is 5.77. The highest BCUT2D eigenvalue weighted by Crippen LogP contribution is 2.29. The summed E-state index contributed by atoms with van der Waals surface area (Å²) in [5.41, 5.74) is 6.59. The van der Waals surface area contributed by atoms with Crippen molar-refractivity contribution in [1.29, 1.82) is 0 Å². The van der Waals surface area contributed by atoms with E-state index in [-0.39, 0.29) is 18.0 Å². The average molecular weight is 298 g/mol. The lowest BCUT2D eigenvalue weighted by molar-refractivity contribution is -0.122. The fourth-order valence-corrected chi connectivity index (χ4v) is 2.22. The van der Waals surface area contributed by atoms with Gasteiger partial charge in [-0.3, -0.25) is 4.79 Å². The van der Waals surface area contributed by atoms with Crippen molar-refractivity contribution in [1.82, 2.24) is 5.32 Å². The van der Waals surface area contributed by atoms with Crippen LogP contribution < -0.4 is 15.8 Å². The van der Waals surface area contributed by atoms with E-state index in [1.165, 1.54) is 0 Å². The van der Waals surface area contributed by atoms with Crippen molar-refractivity contribution in [2.45, 2.75) is 32.4 Å². The number of carbonyl (C=O) groups is 1. The van der Waals surface area contributed by atoms with Gasteiger partial charge in [0.1, 0.15) is 11.5 Å². The topological polar surface area (TPSA) is 64.4 Å². The molecule has 0 bridgehead atoms. The van der Waals surface area contributed by atoms with Crippen LogP contribution >= 0.6 is 0 Å². The van der Waals surface area contributed by atoms with E-state index in [0.29, 0.717) is 6.42 Å². The van der Waals surface area contributed by atoms with Crippen LogP contribution in [0.1, 0.15) is 31.9 Å². The Morgan fingerprint density at radius 3 is 2.41 bits per heavy atom. The zero-order valence-corrected chi connectivity index (χ0v) is 13.0. The lowest BCUT2D eigenvalue weighted by Crippen LogP contribution is -2.31. The lowest BCUT2D eigenvalue weighted by Gasteiger charge is -2.18. The number of para-hydroxylation sites is 2. The molecule has 0 aromatic heterocycles. The Hall–Kier alpha value is -2.33. The normalized spacial score (nSPS) is 13.2. The second kappa shape index (κ2) is 7.61. The van der Waals surface area contributed by atoms with Crippen LogP contribution in [0.4, 0.5) is 0 Å². The van der Waals surface area contributed by atoms with Crippen molar-refractivity contribution in [3.8, 4) is 11.5 Å². The van der Waals surface area contributed by atoms with Crippen molar-refractivity contribution >= 4 is 5.91 Å². The molecular formula is C18H22N2O2. The molecule has 0 aliphatic heterocycles. The Morgan fingerprint density at radius 1 is 1.09 bits per heavy atom. The Kier molecular flexibility index (Phi) is 5.55. The van der Waals surface area contributed by atoms with Gasteiger partial charge in [-0.1, -0.05) is 36.4 Å². The first-order valence-corrected chi connectivity index (χ1v) is 7.43. The predicted molar refractivity (Wildman–Crippen MR) is 87.8 cm³/mol. The third-order valence-corrected chi connectivity index (χ3v) is 3.24. The van der Waals surface area contributed by atoms with Gasteiger partial charge < -0.3 is 15.8 Å². The number of amides is 1. The second-order valence-electron chi connectivity index (χ2n) is 5.42. The number of ether oxygens (including phenoxy) is 1. The quantitative estimate of drug-likeness (QED) is 0.859. The third-order valence-electron chi connectivity index (χ3n) is 3.24. The summed E-state index contributed by atoms with van der Waals surface area (Å²) in [4.78, 5) is 11.9. The van der Waals surface area contributed by atoms with Gasteiger partial charge >= 0.3 is 0 Å². The molecule has 22 heavy (non-hydrogen) atoms. The van der Waals surface area contributed by atoms with Gasteiger partial charge in [0.2, 0.25) is 5.91 Å². The number of nitrogens with one attached hydrogen (secondary N) is 1. The van der Waals surface area contributed by atoms with Crippen LogP contribution in [-0.4, -0.2) is 11.9 Å². The fraction of sp³-hybridized carbons (Fsp3) is 0.278. The summed E-state index contributed by atoms with van der Waals surface area (Å²) in [6.07, 6.45) is 0.312. The monoisotopic (exact) mass is 298 g/mol. The summed E-state index contributed by atoms with van der Waals surface area (Å²) in [5, 5.41) is 2.95. The molecule has 2 aromatic rings. The van der Waals surface area contributed by atoms with E-state index in [1.54, 1.807) is 0 Å². The van der Waals surface area contributed by atoms with Crippen LogP contribution in [0.5, 0.6) is 11.5 Å². The van der Waals surface area contributed by atoms with Gasteiger partial charge in [0.05, 0.1) is 6.04 Å². The molecule has 4 nitrogen and oxygen atoms in total. The molecule has 4 heteroatoms. The minimum atomic E-state index is -0.150. The van der Waals surface area contributed by atoms with Crippen LogP contribution in [0.15, 0.2) is 54.6 Å². The van der Waals surface area contributed by atoms with E-state index in [9.17, 15) is 4.79 Å².